The molecule has 2 aliphatic carbocycles. The van der Waals surface area contributed by atoms with Crippen molar-refractivity contribution in [2.24, 2.45) is 10.9 Å². The smallest absolute Gasteiger partial charge is 0.243 e. The van der Waals surface area contributed by atoms with E-state index in [0.29, 0.717) is 12.1 Å². The molecule has 0 aromatic carbocycles. The van der Waals surface area contributed by atoms with Crippen molar-refractivity contribution in [3.05, 3.63) is 0 Å². The minimum absolute atomic E-state index is 0. The summed E-state index contributed by atoms with van der Waals surface area (Å²) in [6.45, 7) is 2.44. The third-order valence-corrected chi connectivity index (χ3v) is 3.22. The highest BCUT2D eigenvalue weighted by Crippen LogP contribution is 2.29. The third kappa shape index (κ3) is 4.99. The summed E-state index contributed by atoms with van der Waals surface area (Å²) in [5.41, 5.74) is 0. The fourth-order valence-corrected chi connectivity index (χ4v) is 1.54. The number of nitrogens with one attached hydrogen (secondary N) is 2. The molecule has 6 heteroatoms. The summed E-state index contributed by atoms with van der Waals surface area (Å²) < 4.78 is 0. The second kappa shape index (κ2) is 6.58. The van der Waals surface area contributed by atoms with Crippen molar-refractivity contribution in [1.29, 1.82) is 0 Å². The Balaban J connectivity index is 0.00000162. The Morgan fingerprint density at radius 1 is 1.33 bits per heavy atom. The lowest BCUT2D eigenvalue weighted by Crippen LogP contribution is -2.41. The molecule has 18 heavy (non-hydrogen) atoms. The number of aliphatic imine (C=N–C) groups is 1. The Morgan fingerprint density at radius 2 is 1.94 bits per heavy atom. The maximum atomic E-state index is 11.5. The van der Waals surface area contributed by atoms with Crippen LogP contribution in [0.3, 0.4) is 0 Å². The molecule has 2 fully saturated rings. The van der Waals surface area contributed by atoms with E-state index < -0.39 is 0 Å². The topological polar surface area (TPSA) is 56.7 Å². The SMILES string of the molecule is CC1CC1NC(=NCC(=O)N(C)C)NC1CC1.I. The van der Waals surface area contributed by atoms with E-state index in [4.69, 9.17) is 0 Å². The molecule has 0 aromatic heterocycles. The van der Waals surface area contributed by atoms with Crippen molar-refractivity contribution < 1.29 is 4.79 Å². The van der Waals surface area contributed by atoms with Gasteiger partial charge in [-0.05, 0) is 25.2 Å². The average molecular weight is 366 g/mol. The molecule has 1 amide bonds. The number of nitrogens with zero attached hydrogens (tertiary/aromatic N) is 2. The van der Waals surface area contributed by atoms with E-state index in [1.165, 1.54) is 19.3 Å². The first-order valence-electron chi connectivity index (χ1n) is 6.34. The largest absolute Gasteiger partial charge is 0.354 e. The lowest BCUT2D eigenvalue weighted by atomic mass is 10.5. The van der Waals surface area contributed by atoms with Crippen molar-refractivity contribution in [3.63, 3.8) is 0 Å². The van der Waals surface area contributed by atoms with Gasteiger partial charge in [0.15, 0.2) is 5.96 Å². The normalized spacial score (nSPS) is 26.1. The first kappa shape index (κ1) is 15.5. The summed E-state index contributed by atoms with van der Waals surface area (Å²) in [4.78, 5) is 17.4. The molecule has 0 saturated heterocycles. The number of hydrogen-bond donors (Lipinski definition) is 2. The molecule has 2 unspecified atom stereocenters. The summed E-state index contributed by atoms with van der Waals surface area (Å²) >= 11 is 0. The highest BCUT2D eigenvalue weighted by Gasteiger charge is 2.34. The van der Waals surface area contributed by atoms with Crippen LogP contribution in [0.4, 0.5) is 0 Å². The minimum Gasteiger partial charge on any atom is -0.354 e. The lowest BCUT2D eigenvalue weighted by molar-refractivity contribution is -0.127. The van der Waals surface area contributed by atoms with Crippen molar-refractivity contribution >= 4 is 35.8 Å². The van der Waals surface area contributed by atoms with Gasteiger partial charge in [-0.25, -0.2) is 4.99 Å². The standard InChI is InChI=1S/C12H22N4O.HI/c1-8-6-10(8)15-12(14-9-4-5-9)13-7-11(17)16(2)3;/h8-10H,4-7H2,1-3H3,(H2,13,14,15);1H. The van der Waals surface area contributed by atoms with Crippen LogP contribution >= 0.6 is 24.0 Å². The first-order chi connectivity index (χ1) is 8.06. The molecule has 5 nitrogen and oxygen atoms in total. The Bertz CT molecular complexity index is 328. The van der Waals surface area contributed by atoms with E-state index in [0.717, 1.165) is 11.9 Å². The molecule has 0 spiro atoms. The molecule has 2 saturated carbocycles. The maximum absolute atomic E-state index is 11.5. The van der Waals surface area contributed by atoms with Gasteiger partial charge in [-0.15, -0.1) is 24.0 Å². The first-order valence-corrected chi connectivity index (χ1v) is 6.34. The molecule has 104 valence electrons. The number of guanidine groups is 1. The predicted molar refractivity (Wildman–Crippen MR) is 83.3 cm³/mol. The van der Waals surface area contributed by atoms with Gasteiger partial charge in [-0.1, -0.05) is 6.92 Å². The van der Waals surface area contributed by atoms with Crippen molar-refractivity contribution in [2.45, 2.75) is 38.3 Å². The highest BCUT2D eigenvalue weighted by atomic mass is 127. The monoisotopic (exact) mass is 366 g/mol. The Labute approximate surface area is 126 Å². The highest BCUT2D eigenvalue weighted by molar-refractivity contribution is 14.0. The molecule has 0 heterocycles. The molecule has 0 aliphatic heterocycles. The van der Waals surface area contributed by atoms with Crippen LogP contribution in [-0.4, -0.2) is 49.5 Å². The summed E-state index contributed by atoms with van der Waals surface area (Å²) in [6.07, 6.45) is 3.62. The number of carbonyl (C=O) groups is 1. The van der Waals surface area contributed by atoms with E-state index in [-0.39, 0.29) is 36.4 Å². The fraction of sp³-hybridized carbons (Fsp3) is 0.833. The second-order valence-electron chi connectivity index (χ2n) is 5.34. The molecule has 2 aliphatic rings. The van der Waals surface area contributed by atoms with Crippen LogP contribution in [0.15, 0.2) is 4.99 Å². The molecule has 2 rings (SSSR count). The number of carbonyl (C=O) groups excluding carboxylic acids is 1. The summed E-state index contributed by atoms with van der Waals surface area (Å²) in [5, 5.41) is 6.72. The van der Waals surface area contributed by atoms with Crippen molar-refractivity contribution in [2.75, 3.05) is 20.6 Å². The number of amides is 1. The van der Waals surface area contributed by atoms with E-state index in [1.807, 2.05) is 0 Å². The predicted octanol–water partition coefficient (Wildman–Crippen LogP) is 0.799. The van der Waals surface area contributed by atoms with Crippen LogP contribution in [0.1, 0.15) is 26.2 Å². The fourth-order valence-electron chi connectivity index (χ4n) is 1.54. The Kier molecular flexibility index (Phi) is 5.68. The molecular formula is C12H23IN4O. The zero-order valence-corrected chi connectivity index (χ0v) is 13.6. The van der Waals surface area contributed by atoms with E-state index >= 15 is 0 Å². The Morgan fingerprint density at radius 3 is 2.39 bits per heavy atom. The molecule has 0 radical (unpaired) electrons. The molecule has 2 N–H and O–H groups in total. The van der Waals surface area contributed by atoms with Gasteiger partial charge in [-0.3, -0.25) is 4.79 Å². The molecule has 0 bridgehead atoms. The Hall–Kier alpha value is -0.530. The van der Waals surface area contributed by atoms with Crippen molar-refractivity contribution in [3.8, 4) is 0 Å². The van der Waals surface area contributed by atoms with Crippen LogP contribution in [0.2, 0.25) is 0 Å². The zero-order valence-electron chi connectivity index (χ0n) is 11.3. The van der Waals surface area contributed by atoms with Gasteiger partial charge in [0.2, 0.25) is 5.91 Å². The molecular weight excluding hydrogens is 343 g/mol. The van der Waals surface area contributed by atoms with Crippen molar-refractivity contribution in [1.82, 2.24) is 15.5 Å². The van der Waals surface area contributed by atoms with Gasteiger partial charge in [0.25, 0.3) is 0 Å². The van der Waals surface area contributed by atoms with E-state index in [1.54, 1.807) is 19.0 Å². The van der Waals surface area contributed by atoms with Gasteiger partial charge < -0.3 is 15.5 Å². The number of hydrogen-bond acceptors (Lipinski definition) is 2. The van der Waals surface area contributed by atoms with Gasteiger partial charge in [0.1, 0.15) is 6.54 Å². The maximum Gasteiger partial charge on any atom is 0.243 e. The number of rotatable bonds is 4. The quantitative estimate of drug-likeness (QED) is 0.440. The van der Waals surface area contributed by atoms with Crippen LogP contribution in [0.25, 0.3) is 0 Å². The summed E-state index contributed by atoms with van der Waals surface area (Å²) in [7, 11) is 3.50. The lowest BCUT2D eigenvalue weighted by Gasteiger charge is -2.13. The van der Waals surface area contributed by atoms with E-state index in [2.05, 4.69) is 22.5 Å². The van der Waals surface area contributed by atoms with Crippen LogP contribution < -0.4 is 10.6 Å². The molecule has 0 aromatic rings. The van der Waals surface area contributed by atoms with Crippen LogP contribution in [0, 0.1) is 5.92 Å². The van der Waals surface area contributed by atoms with E-state index in [9.17, 15) is 4.79 Å². The van der Waals surface area contributed by atoms with Crippen LogP contribution in [-0.2, 0) is 4.79 Å². The third-order valence-electron chi connectivity index (χ3n) is 3.22. The minimum atomic E-state index is 0. The van der Waals surface area contributed by atoms with Gasteiger partial charge >= 0.3 is 0 Å². The summed E-state index contributed by atoms with van der Waals surface area (Å²) in [6, 6.07) is 1.10. The number of halogens is 1. The molecule has 2 atom stereocenters. The average Bonchev–Trinajstić information content (AvgIpc) is 3.16. The second-order valence-corrected chi connectivity index (χ2v) is 5.34. The van der Waals surface area contributed by atoms with Gasteiger partial charge in [0.05, 0.1) is 0 Å². The van der Waals surface area contributed by atoms with Gasteiger partial charge in [-0.2, -0.15) is 0 Å². The van der Waals surface area contributed by atoms with Crippen LogP contribution in [0.5, 0.6) is 0 Å². The number of likely N-dealkylation sites (N-methyl/N-ethyl adjacent to an activating group) is 1. The zero-order chi connectivity index (χ0) is 12.4. The van der Waals surface area contributed by atoms with Gasteiger partial charge in [0, 0.05) is 26.2 Å². The summed E-state index contributed by atoms with van der Waals surface area (Å²) in [5.74, 6) is 1.56.